The quantitative estimate of drug-likeness (QED) is 0.873. The molecule has 0 aromatic heterocycles. The highest BCUT2D eigenvalue weighted by Crippen LogP contribution is 2.22. The van der Waals surface area contributed by atoms with E-state index in [1.807, 2.05) is 25.1 Å². The van der Waals surface area contributed by atoms with Crippen LogP contribution >= 0.6 is 0 Å². The molecule has 0 aliphatic carbocycles. The van der Waals surface area contributed by atoms with Crippen LogP contribution in [0, 0.1) is 0 Å². The van der Waals surface area contributed by atoms with Crippen LogP contribution in [-0.4, -0.2) is 48.5 Å². The molecule has 3 rings (SSSR count). The third-order valence-electron chi connectivity index (χ3n) is 4.47. The summed E-state index contributed by atoms with van der Waals surface area (Å²) in [7, 11) is -3.13. The van der Waals surface area contributed by atoms with E-state index in [2.05, 4.69) is 10.4 Å². The Morgan fingerprint density at radius 2 is 2.16 bits per heavy atom. The molecule has 0 bridgehead atoms. The number of nitrogens with one attached hydrogen (secondary N) is 1. The minimum atomic E-state index is -3.13. The lowest BCUT2D eigenvalue weighted by molar-refractivity contribution is -0.133. The molecule has 1 aromatic rings. The second-order valence-corrected chi connectivity index (χ2v) is 8.58. The Balaban J connectivity index is 1.75. The van der Waals surface area contributed by atoms with Gasteiger partial charge in [-0.1, -0.05) is 19.1 Å². The van der Waals surface area contributed by atoms with Gasteiger partial charge in [-0.15, -0.1) is 0 Å². The lowest BCUT2D eigenvalue weighted by Gasteiger charge is -2.27. The molecule has 2 aliphatic heterocycles. The fourth-order valence-electron chi connectivity index (χ4n) is 3.06. The summed E-state index contributed by atoms with van der Waals surface area (Å²) in [6.07, 6.45) is 1.65. The van der Waals surface area contributed by atoms with Crippen molar-refractivity contribution >= 4 is 33.1 Å². The van der Waals surface area contributed by atoms with Gasteiger partial charge in [0.05, 0.1) is 17.5 Å². The average molecular weight is 363 g/mol. The summed E-state index contributed by atoms with van der Waals surface area (Å²) in [6, 6.07) is 7.08. The maximum Gasteiger partial charge on any atom is 0.271 e. The van der Waals surface area contributed by atoms with Gasteiger partial charge in [-0.3, -0.25) is 9.59 Å². The Hall–Kier alpha value is -2.22. The third kappa shape index (κ3) is 4.07. The van der Waals surface area contributed by atoms with E-state index in [9.17, 15) is 18.0 Å². The molecular formula is C17H21N3O4S. The summed E-state index contributed by atoms with van der Waals surface area (Å²) in [5.74, 6) is -0.615. The number of benzene rings is 1. The lowest BCUT2D eigenvalue weighted by atomic mass is 10.1. The second kappa shape index (κ2) is 6.95. The molecule has 1 atom stereocenters. The highest BCUT2D eigenvalue weighted by molar-refractivity contribution is 7.91. The number of carbonyl (C=O) groups excluding carboxylic acids is 2. The summed E-state index contributed by atoms with van der Waals surface area (Å²) in [5, 5.41) is 8.18. The topological polar surface area (TPSA) is 95.9 Å². The number of anilines is 1. The highest BCUT2D eigenvalue weighted by atomic mass is 32.2. The molecule has 0 spiro atoms. The van der Waals surface area contributed by atoms with Crippen molar-refractivity contribution < 1.29 is 18.0 Å². The molecule has 2 amide bonds. The van der Waals surface area contributed by atoms with Crippen LogP contribution in [0.5, 0.6) is 0 Å². The molecule has 0 unspecified atom stereocenters. The largest absolute Gasteiger partial charge is 0.321 e. The van der Waals surface area contributed by atoms with Crippen LogP contribution in [-0.2, 0) is 25.8 Å². The van der Waals surface area contributed by atoms with Crippen LogP contribution in [0.4, 0.5) is 5.69 Å². The number of hydrogen-bond acceptors (Lipinski definition) is 5. The minimum absolute atomic E-state index is 0.0578. The first-order valence-electron chi connectivity index (χ1n) is 8.38. The Morgan fingerprint density at radius 1 is 1.36 bits per heavy atom. The van der Waals surface area contributed by atoms with E-state index in [1.54, 1.807) is 6.07 Å². The number of aryl methyl sites for hydroxylation is 1. The van der Waals surface area contributed by atoms with Gasteiger partial charge in [0.15, 0.2) is 9.84 Å². The predicted octanol–water partition coefficient (Wildman–Crippen LogP) is 1.35. The van der Waals surface area contributed by atoms with Crippen molar-refractivity contribution in [3.05, 3.63) is 29.8 Å². The average Bonchev–Trinajstić information content (AvgIpc) is 2.95. The molecule has 1 saturated heterocycles. The zero-order chi connectivity index (χ0) is 18.0. The van der Waals surface area contributed by atoms with Crippen LogP contribution in [0.3, 0.4) is 0 Å². The van der Waals surface area contributed by atoms with Gasteiger partial charge in [-0.25, -0.2) is 13.4 Å². The summed E-state index contributed by atoms with van der Waals surface area (Å²) >= 11 is 0. The van der Waals surface area contributed by atoms with E-state index in [0.29, 0.717) is 12.1 Å². The molecule has 2 heterocycles. The first-order valence-corrected chi connectivity index (χ1v) is 10.2. The monoisotopic (exact) mass is 363 g/mol. The molecule has 2 aliphatic rings. The zero-order valence-corrected chi connectivity index (χ0v) is 14.9. The standard InChI is InChI=1S/C17H21N3O4S/c1-2-12-4-3-5-13(10-12)18-17(22)15-6-7-16(21)20(19-15)14-8-9-25(23,24)11-14/h3-5,10,14H,2,6-9,11H2,1H3,(H,18,22)/t14-/m1/s1. The van der Waals surface area contributed by atoms with Crippen molar-refractivity contribution in [2.45, 2.75) is 38.6 Å². The van der Waals surface area contributed by atoms with E-state index in [1.165, 1.54) is 5.01 Å². The predicted molar refractivity (Wildman–Crippen MR) is 95.0 cm³/mol. The van der Waals surface area contributed by atoms with Crippen molar-refractivity contribution in [2.75, 3.05) is 16.8 Å². The Morgan fingerprint density at radius 3 is 2.84 bits per heavy atom. The van der Waals surface area contributed by atoms with Crippen molar-refractivity contribution in [3.63, 3.8) is 0 Å². The molecule has 8 heteroatoms. The molecule has 0 saturated carbocycles. The van der Waals surface area contributed by atoms with Gasteiger partial charge in [-0.05, 0) is 30.5 Å². The third-order valence-corrected chi connectivity index (χ3v) is 6.22. The molecule has 0 radical (unpaired) electrons. The molecule has 1 N–H and O–H groups in total. The number of hydrogen-bond donors (Lipinski definition) is 1. The SMILES string of the molecule is CCc1cccc(NC(=O)C2=NN([C@@H]3CCS(=O)(=O)C3)C(=O)CC2)c1. The summed E-state index contributed by atoms with van der Waals surface area (Å²) in [5.41, 5.74) is 2.04. The van der Waals surface area contributed by atoms with Gasteiger partial charge >= 0.3 is 0 Å². The number of carbonyl (C=O) groups is 2. The highest BCUT2D eigenvalue weighted by Gasteiger charge is 2.37. The van der Waals surface area contributed by atoms with E-state index in [0.717, 1.165) is 12.0 Å². The van der Waals surface area contributed by atoms with Gasteiger partial charge in [0, 0.05) is 18.5 Å². The molecular weight excluding hydrogens is 342 g/mol. The van der Waals surface area contributed by atoms with Gasteiger partial charge in [0.1, 0.15) is 5.71 Å². The lowest BCUT2D eigenvalue weighted by Crippen LogP contribution is -2.42. The minimum Gasteiger partial charge on any atom is -0.321 e. The van der Waals surface area contributed by atoms with E-state index < -0.39 is 15.9 Å². The Bertz CT molecular complexity index is 832. The van der Waals surface area contributed by atoms with Crippen molar-refractivity contribution in [3.8, 4) is 0 Å². The number of hydrazone groups is 1. The van der Waals surface area contributed by atoms with Gasteiger partial charge in [0.25, 0.3) is 5.91 Å². The first kappa shape index (κ1) is 17.6. The summed E-state index contributed by atoms with van der Waals surface area (Å²) in [6.45, 7) is 2.03. The van der Waals surface area contributed by atoms with Gasteiger partial charge < -0.3 is 5.32 Å². The van der Waals surface area contributed by atoms with Crippen LogP contribution in [0.25, 0.3) is 0 Å². The van der Waals surface area contributed by atoms with Gasteiger partial charge in [0.2, 0.25) is 5.91 Å². The molecule has 25 heavy (non-hydrogen) atoms. The smallest absolute Gasteiger partial charge is 0.271 e. The number of amides is 2. The van der Waals surface area contributed by atoms with Crippen LogP contribution in [0.1, 0.15) is 31.7 Å². The van der Waals surface area contributed by atoms with Crippen molar-refractivity contribution in [1.29, 1.82) is 0 Å². The van der Waals surface area contributed by atoms with Crippen LogP contribution < -0.4 is 5.32 Å². The van der Waals surface area contributed by atoms with Crippen molar-refractivity contribution in [2.24, 2.45) is 5.10 Å². The summed E-state index contributed by atoms with van der Waals surface area (Å²) < 4.78 is 23.3. The van der Waals surface area contributed by atoms with E-state index in [4.69, 9.17) is 0 Å². The second-order valence-electron chi connectivity index (χ2n) is 6.35. The molecule has 134 valence electrons. The zero-order valence-electron chi connectivity index (χ0n) is 14.1. The van der Waals surface area contributed by atoms with E-state index in [-0.39, 0.29) is 41.9 Å². The van der Waals surface area contributed by atoms with Crippen LogP contribution in [0.15, 0.2) is 29.4 Å². The molecule has 1 fully saturated rings. The Labute approximate surface area is 147 Å². The Kier molecular flexibility index (Phi) is 4.89. The molecule has 7 nitrogen and oxygen atoms in total. The number of rotatable bonds is 4. The maximum absolute atomic E-state index is 12.5. The van der Waals surface area contributed by atoms with Gasteiger partial charge in [-0.2, -0.15) is 5.10 Å². The number of nitrogens with zero attached hydrogens (tertiary/aromatic N) is 2. The summed E-state index contributed by atoms with van der Waals surface area (Å²) in [4.78, 5) is 24.6. The number of sulfone groups is 1. The first-order chi connectivity index (χ1) is 11.9. The van der Waals surface area contributed by atoms with E-state index >= 15 is 0 Å². The van der Waals surface area contributed by atoms with Crippen molar-refractivity contribution in [1.82, 2.24) is 5.01 Å². The normalized spacial score (nSPS) is 22.6. The fourth-order valence-corrected chi connectivity index (χ4v) is 4.75. The molecule has 1 aromatic carbocycles. The fraction of sp³-hybridized carbons (Fsp3) is 0.471. The van der Waals surface area contributed by atoms with Crippen LogP contribution in [0.2, 0.25) is 0 Å². The maximum atomic E-state index is 12.5.